The molecule has 0 heterocycles. The predicted octanol–water partition coefficient (Wildman–Crippen LogP) is 0.501. The van der Waals surface area contributed by atoms with Gasteiger partial charge < -0.3 is 16.0 Å². The number of para-hydroxylation sites is 1. The second kappa shape index (κ2) is 5.75. The van der Waals surface area contributed by atoms with Gasteiger partial charge in [-0.3, -0.25) is 4.79 Å². The number of nitrogens with one attached hydrogen (secondary N) is 1. The van der Waals surface area contributed by atoms with Crippen molar-refractivity contribution in [3.63, 3.8) is 0 Å². The van der Waals surface area contributed by atoms with Gasteiger partial charge in [0.1, 0.15) is 6.54 Å². The first-order valence-electron chi connectivity index (χ1n) is 4.91. The fourth-order valence-corrected chi connectivity index (χ4v) is 1.02. The van der Waals surface area contributed by atoms with Gasteiger partial charge in [0.25, 0.3) is 0 Å². The van der Waals surface area contributed by atoms with E-state index < -0.39 is 0 Å². The van der Waals surface area contributed by atoms with Crippen LogP contribution in [0, 0.1) is 0 Å². The largest absolute Gasteiger partial charge is 0.370 e. The lowest BCUT2D eigenvalue weighted by Gasteiger charge is -2.10. The molecule has 0 aliphatic carbocycles. The fourth-order valence-electron chi connectivity index (χ4n) is 1.02. The molecule has 0 fully saturated rings. The average molecular weight is 220 g/mol. The van der Waals surface area contributed by atoms with Gasteiger partial charge in [0, 0.05) is 19.8 Å². The first-order chi connectivity index (χ1) is 7.59. The smallest absolute Gasteiger partial charge is 0.246 e. The van der Waals surface area contributed by atoms with Gasteiger partial charge in [0.2, 0.25) is 5.91 Å². The van der Waals surface area contributed by atoms with Crippen LogP contribution in [0.25, 0.3) is 0 Å². The summed E-state index contributed by atoms with van der Waals surface area (Å²) in [6.45, 7) is 0.0267. The minimum atomic E-state index is -0.184. The van der Waals surface area contributed by atoms with Crippen molar-refractivity contribution in [1.29, 1.82) is 0 Å². The Kier molecular flexibility index (Phi) is 4.32. The Morgan fingerprint density at radius 2 is 2.00 bits per heavy atom. The number of carbonyl (C=O) groups is 1. The lowest BCUT2D eigenvalue weighted by atomic mass is 10.3. The number of nitrogens with zero attached hydrogens (tertiary/aromatic N) is 2. The number of aliphatic imine (C=N–C) groups is 1. The Hall–Kier alpha value is -2.04. The van der Waals surface area contributed by atoms with Crippen molar-refractivity contribution in [3.05, 3.63) is 30.3 Å². The molecule has 86 valence electrons. The van der Waals surface area contributed by atoms with E-state index in [1.165, 1.54) is 0 Å². The maximum absolute atomic E-state index is 11.4. The van der Waals surface area contributed by atoms with Crippen molar-refractivity contribution in [2.45, 2.75) is 0 Å². The van der Waals surface area contributed by atoms with Gasteiger partial charge in [0.05, 0.1) is 0 Å². The number of guanidine groups is 1. The van der Waals surface area contributed by atoms with E-state index in [0.29, 0.717) is 5.96 Å². The van der Waals surface area contributed by atoms with Crippen LogP contribution < -0.4 is 11.1 Å². The molecule has 1 aromatic rings. The molecule has 0 aliphatic heterocycles. The van der Waals surface area contributed by atoms with E-state index in [9.17, 15) is 4.79 Å². The highest BCUT2D eigenvalue weighted by Crippen LogP contribution is 2.04. The van der Waals surface area contributed by atoms with Crippen LogP contribution >= 0.6 is 0 Å². The van der Waals surface area contributed by atoms with Crippen molar-refractivity contribution >= 4 is 17.6 Å². The summed E-state index contributed by atoms with van der Waals surface area (Å²) >= 11 is 0. The van der Waals surface area contributed by atoms with Crippen molar-refractivity contribution in [2.75, 3.05) is 26.0 Å². The predicted molar refractivity (Wildman–Crippen MR) is 65.2 cm³/mol. The number of nitrogens with two attached hydrogens (primary N) is 1. The van der Waals surface area contributed by atoms with Gasteiger partial charge >= 0.3 is 0 Å². The summed E-state index contributed by atoms with van der Waals surface area (Å²) in [4.78, 5) is 17.0. The Morgan fingerprint density at radius 3 is 2.56 bits per heavy atom. The minimum absolute atomic E-state index is 0.0267. The van der Waals surface area contributed by atoms with Crippen molar-refractivity contribution in [3.8, 4) is 0 Å². The number of hydrogen-bond acceptors (Lipinski definition) is 2. The molecule has 5 heteroatoms. The van der Waals surface area contributed by atoms with Crippen LogP contribution in [0.2, 0.25) is 0 Å². The summed E-state index contributed by atoms with van der Waals surface area (Å²) in [5, 5.41) is 2.72. The van der Waals surface area contributed by atoms with Gasteiger partial charge in [-0.05, 0) is 12.1 Å². The molecule has 16 heavy (non-hydrogen) atoms. The molecular weight excluding hydrogens is 204 g/mol. The molecule has 0 aromatic heterocycles. The topological polar surface area (TPSA) is 70.7 Å². The van der Waals surface area contributed by atoms with Crippen molar-refractivity contribution in [1.82, 2.24) is 4.90 Å². The standard InChI is InChI=1S/C11H16N4O/c1-15(2)11(12)13-8-10(16)14-9-6-4-3-5-7-9/h3-7H,8H2,1-2H3,(H2,12,13)(H,14,16). The molecule has 1 rings (SSSR count). The maximum Gasteiger partial charge on any atom is 0.246 e. The second-order valence-electron chi connectivity index (χ2n) is 3.48. The molecule has 0 bridgehead atoms. The van der Waals surface area contributed by atoms with E-state index in [2.05, 4.69) is 10.3 Å². The molecule has 0 unspecified atom stereocenters. The summed E-state index contributed by atoms with van der Waals surface area (Å²) in [6, 6.07) is 9.23. The Bertz CT molecular complexity index is 373. The quantitative estimate of drug-likeness (QED) is 0.575. The van der Waals surface area contributed by atoms with E-state index in [-0.39, 0.29) is 12.5 Å². The molecule has 0 atom stereocenters. The summed E-state index contributed by atoms with van der Waals surface area (Å²) in [7, 11) is 3.54. The maximum atomic E-state index is 11.4. The van der Waals surface area contributed by atoms with Crippen molar-refractivity contribution < 1.29 is 4.79 Å². The highest BCUT2D eigenvalue weighted by molar-refractivity contribution is 5.93. The molecule has 0 saturated carbocycles. The molecule has 3 N–H and O–H groups in total. The van der Waals surface area contributed by atoms with E-state index in [1.54, 1.807) is 19.0 Å². The number of hydrogen-bond donors (Lipinski definition) is 2. The third-order valence-electron chi connectivity index (χ3n) is 1.90. The number of carbonyl (C=O) groups excluding carboxylic acids is 1. The van der Waals surface area contributed by atoms with Crippen LogP contribution in [0.4, 0.5) is 5.69 Å². The van der Waals surface area contributed by atoms with E-state index in [0.717, 1.165) is 5.69 Å². The lowest BCUT2D eigenvalue weighted by Crippen LogP contribution is -2.31. The summed E-state index contributed by atoms with van der Waals surface area (Å²) in [5.41, 5.74) is 6.31. The normalized spacial score (nSPS) is 11.0. The zero-order valence-electron chi connectivity index (χ0n) is 9.47. The SMILES string of the molecule is CN(C)C(N)=NCC(=O)Nc1ccccc1. The average Bonchev–Trinajstić information content (AvgIpc) is 2.27. The fraction of sp³-hybridized carbons (Fsp3) is 0.273. The summed E-state index contributed by atoms with van der Waals surface area (Å²) in [6.07, 6.45) is 0. The zero-order valence-corrected chi connectivity index (χ0v) is 9.47. The van der Waals surface area contributed by atoms with Gasteiger partial charge in [0.15, 0.2) is 5.96 Å². The molecular formula is C11H16N4O. The summed E-state index contributed by atoms with van der Waals surface area (Å²) in [5.74, 6) is 0.152. The Balaban J connectivity index is 2.46. The lowest BCUT2D eigenvalue weighted by molar-refractivity contribution is -0.114. The second-order valence-corrected chi connectivity index (χ2v) is 3.48. The van der Waals surface area contributed by atoms with Gasteiger partial charge in [-0.15, -0.1) is 0 Å². The van der Waals surface area contributed by atoms with Crippen LogP contribution in [-0.2, 0) is 4.79 Å². The number of benzene rings is 1. The zero-order chi connectivity index (χ0) is 12.0. The van der Waals surface area contributed by atoms with Gasteiger partial charge in [-0.2, -0.15) is 0 Å². The molecule has 0 radical (unpaired) electrons. The third-order valence-corrected chi connectivity index (χ3v) is 1.90. The third kappa shape index (κ3) is 4.00. The highest BCUT2D eigenvalue weighted by Gasteiger charge is 2.01. The number of amides is 1. The van der Waals surface area contributed by atoms with Gasteiger partial charge in [-0.1, -0.05) is 18.2 Å². The summed E-state index contributed by atoms with van der Waals surface area (Å²) < 4.78 is 0. The van der Waals surface area contributed by atoms with Crippen LogP contribution in [0.1, 0.15) is 0 Å². The number of rotatable bonds is 3. The van der Waals surface area contributed by atoms with E-state index in [1.807, 2.05) is 30.3 Å². The Labute approximate surface area is 95.0 Å². The van der Waals surface area contributed by atoms with Crippen LogP contribution in [0.5, 0.6) is 0 Å². The van der Waals surface area contributed by atoms with Gasteiger partial charge in [-0.25, -0.2) is 4.99 Å². The van der Waals surface area contributed by atoms with Crippen LogP contribution in [0.15, 0.2) is 35.3 Å². The van der Waals surface area contributed by atoms with Crippen LogP contribution in [-0.4, -0.2) is 37.4 Å². The first-order valence-corrected chi connectivity index (χ1v) is 4.91. The molecule has 1 amide bonds. The first kappa shape index (κ1) is 12.0. The molecule has 0 aliphatic rings. The molecule has 5 nitrogen and oxygen atoms in total. The van der Waals surface area contributed by atoms with Crippen LogP contribution in [0.3, 0.4) is 0 Å². The van der Waals surface area contributed by atoms with E-state index >= 15 is 0 Å². The van der Waals surface area contributed by atoms with E-state index in [4.69, 9.17) is 5.73 Å². The number of anilines is 1. The molecule has 0 saturated heterocycles. The Morgan fingerprint density at radius 1 is 1.38 bits per heavy atom. The van der Waals surface area contributed by atoms with Crippen molar-refractivity contribution in [2.24, 2.45) is 10.7 Å². The monoisotopic (exact) mass is 220 g/mol. The molecule has 0 spiro atoms. The molecule has 1 aromatic carbocycles. The minimum Gasteiger partial charge on any atom is -0.370 e. The highest BCUT2D eigenvalue weighted by atomic mass is 16.1.